The molecule has 1 atom stereocenters. The van der Waals surface area contributed by atoms with E-state index in [0.717, 1.165) is 49.0 Å². The highest BCUT2D eigenvalue weighted by Crippen LogP contribution is 2.24. The highest BCUT2D eigenvalue weighted by molar-refractivity contribution is 7.89. The lowest BCUT2D eigenvalue weighted by Gasteiger charge is -2.32. The molecule has 0 saturated carbocycles. The number of hydrogen-bond donors (Lipinski definition) is 2. The van der Waals surface area contributed by atoms with E-state index < -0.39 is 27.8 Å². The SMILES string of the molecule is CC1CCN(c2ccc(NC(=O)[C@H](C)NS(=O)(=O)c3ccc(F)cc3)cc2)CC1. The monoisotopic (exact) mass is 419 g/mol. The van der Waals surface area contributed by atoms with Gasteiger partial charge in [0.25, 0.3) is 0 Å². The predicted octanol–water partition coefficient (Wildman–Crippen LogP) is 3.37. The van der Waals surface area contributed by atoms with E-state index in [1.165, 1.54) is 19.8 Å². The number of piperidine rings is 1. The van der Waals surface area contributed by atoms with Crippen LogP contribution < -0.4 is 14.9 Å². The minimum absolute atomic E-state index is 0.0984. The molecule has 0 unspecified atom stereocenters. The Labute approximate surface area is 171 Å². The topological polar surface area (TPSA) is 78.5 Å². The predicted molar refractivity (Wildman–Crippen MR) is 112 cm³/mol. The van der Waals surface area contributed by atoms with Crippen LogP contribution in [0.5, 0.6) is 0 Å². The minimum atomic E-state index is -3.92. The first kappa shape index (κ1) is 21.3. The number of hydrogen-bond acceptors (Lipinski definition) is 4. The van der Waals surface area contributed by atoms with Crippen LogP contribution in [-0.4, -0.2) is 33.5 Å². The lowest BCUT2D eigenvalue weighted by molar-refractivity contribution is -0.117. The Kier molecular flexibility index (Phi) is 6.54. The summed E-state index contributed by atoms with van der Waals surface area (Å²) in [5.41, 5.74) is 1.71. The molecule has 0 aromatic heterocycles. The molecule has 1 heterocycles. The molecule has 0 aliphatic carbocycles. The molecule has 6 nitrogen and oxygen atoms in total. The molecule has 0 radical (unpaired) electrons. The zero-order chi connectivity index (χ0) is 21.0. The van der Waals surface area contributed by atoms with Crippen LogP contribution in [0.15, 0.2) is 53.4 Å². The molecule has 3 rings (SSSR count). The summed E-state index contributed by atoms with van der Waals surface area (Å²) < 4.78 is 40.0. The number of nitrogens with one attached hydrogen (secondary N) is 2. The van der Waals surface area contributed by atoms with Crippen LogP contribution in [0.4, 0.5) is 15.8 Å². The van der Waals surface area contributed by atoms with E-state index in [-0.39, 0.29) is 4.90 Å². The van der Waals surface area contributed by atoms with E-state index in [4.69, 9.17) is 0 Å². The van der Waals surface area contributed by atoms with Crippen molar-refractivity contribution in [3.05, 3.63) is 54.3 Å². The van der Waals surface area contributed by atoms with Crippen molar-refractivity contribution in [1.29, 1.82) is 0 Å². The maximum Gasteiger partial charge on any atom is 0.242 e. The Morgan fingerprint density at radius 3 is 2.24 bits per heavy atom. The van der Waals surface area contributed by atoms with E-state index in [1.807, 2.05) is 24.3 Å². The van der Waals surface area contributed by atoms with Crippen LogP contribution in [0, 0.1) is 11.7 Å². The molecule has 8 heteroatoms. The fourth-order valence-electron chi connectivity index (χ4n) is 3.24. The number of amides is 1. The third kappa shape index (κ3) is 5.55. The summed E-state index contributed by atoms with van der Waals surface area (Å²) in [5, 5.41) is 2.72. The van der Waals surface area contributed by atoms with E-state index in [0.29, 0.717) is 5.69 Å². The van der Waals surface area contributed by atoms with Crippen molar-refractivity contribution < 1.29 is 17.6 Å². The van der Waals surface area contributed by atoms with Crippen molar-refractivity contribution in [2.24, 2.45) is 5.92 Å². The summed E-state index contributed by atoms with van der Waals surface area (Å²) in [7, 11) is -3.92. The lowest BCUT2D eigenvalue weighted by atomic mass is 9.99. The zero-order valence-electron chi connectivity index (χ0n) is 16.6. The second-order valence-electron chi connectivity index (χ2n) is 7.50. The Morgan fingerprint density at radius 2 is 1.66 bits per heavy atom. The zero-order valence-corrected chi connectivity index (χ0v) is 17.4. The van der Waals surface area contributed by atoms with E-state index in [9.17, 15) is 17.6 Å². The summed E-state index contributed by atoms with van der Waals surface area (Å²) in [5.74, 6) is -0.252. The molecule has 2 aromatic rings. The molecule has 29 heavy (non-hydrogen) atoms. The van der Waals surface area contributed by atoms with Gasteiger partial charge in [0.15, 0.2) is 0 Å². The standard InChI is InChI=1S/C21H26FN3O3S/c1-15-11-13-25(14-12-15)19-7-5-18(6-8-19)23-21(26)16(2)24-29(27,28)20-9-3-17(22)4-10-20/h3-10,15-16,24H,11-14H2,1-2H3,(H,23,26)/t16-/m0/s1. The average molecular weight is 420 g/mol. The van der Waals surface area contributed by atoms with Crippen LogP contribution in [-0.2, 0) is 14.8 Å². The van der Waals surface area contributed by atoms with Gasteiger partial charge in [0.1, 0.15) is 5.82 Å². The normalized spacial score (nSPS) is 16.4. The van der Waals surface area contributed by atoms with E-state index in [1.54, 1.807) is 0 Å². The van der Waals surface area contributed by atoms with Crippen LogP contribution in [0.2, 0.25) is 0 Å². The van der Waals surface area contributed by atoms with Crippen LogP contribution in [0.25, 0.3) is 0 Å². The molecule has 0 bridgehead atoms. The minimum Gasteiger partial charge on any atom is -0.372 e. The number of halogens is 1. The fourth-order valence-corrected chi connectivity index (χ4v) is 4.44. The Morgan fingerprint density at radius 1 is 1.07 bits per heavy atom. The lowest BCUT2D eigenvalue weighted by Crippen LogP contribution is -2.41. The number of carbonyl (C=O) groups is 1. The largest absolute Gasteiger partial charge is 0.372 e. The Hall–Kier alpha value is -2.45. The molecular weight excluding hydrogens is 393 g/mol. The third-order valence-corrected chi connectivity index (χ3v) is 6.69. The van der Waals surface area contributed by atoms with Crippen molar-refractivity contribution in [3.8, 4) is 0 Å². The molecule has 1 aliphatic heterocycles. The first-order chi connectivity index (χ1) is 13.7. The van der Waals surface area contributed by atoms with Gasteiger partial charge in [-0.15, -0.1) is 0 Å². The number of anilines is 2. The van der Waals surface area contributed by atoms with Gasteiger partial charge in [-0.3, -0.25) is 4.79 Å². The summed E-state index contributed by atoms with van der Waals surface area (Å²) in [6.45, 7) is 5.77. The first-order valence-corrected chi connectivity index (χ1v) is 11.2. The van der Waals surface area contributed by atoms with Gasteiger partial charge in [-0.2, -0.15) is 4.72 Å². The van der Waals surface area contributed by atoms with Gasteiger partial charge in [-0.1, -0.05) is 6.92 Å². The molecule has 2 N–H and O–H groups in total. The average Bonchev–Trinajstić information content (AvgIpc) is 2.69. The van der Waals surface area contributed by atoms with Crippen molar-refractivity contribution in [1.82, 2.24) is 4.72 Å². The quantitative estimate of drug-likeness (QED) is 0.753. The van der Waals surface area contributed by atoms with E-state index >= 15 is 0 Å². The van der Waals surface area contributed by atoms with Gasteiger partial charge in [0, 0.05) is 24.5 Å². The van der Waals surface area contributed by atoms with Gasteiger partial charge < -0.3 is 10.2 Å². The first-order valence-electron chi connectivity index (χ1n) is 9.68. The summed E-state index contributed by atoms with van der Waals surface area (Å²) in [6.07, 6.45) is 2.34. The maximum absolute atomic E-state index is 13.0. The summed E-state index contributed by atoms with van der Waals surface area (Å²) in [4.78, 5) is 14.6. The summed E-state index contributed by atoms with van der Waals surface area (Å²) >= 11 is 0. The highest BCUT2D eigenvalue weighted by atomic mass is 32.2. The van der Waals surface area contributed by atoms with Crippen molar-refractivity contribution in [2.45, 2.75) is 37.6 Å². The van der Waals surface area contributed by atoms with Crippen molar-refractivity contribution in [3.63, 3.8) is 0 Å². The van der Waals surface area contributed by atoms with Gasteiger partial charge >= 0.3 is 0 Å². The summed E-state index contributed by atoms with van der Waals surface area (Å²) in [6, 6.07) is 11.0. The molecule has 1 fully saturated rings. The van der Waals surface area contributed by atoms with Crippen molar-refractivity contribution in [2.75, 3.05) is 23.3 Å². The van der Waals surface area contributed by atoms with Gasteiger partial charge in [-0.05, 0) is 74.2 Å². The second kappa shape index (κ2) is 8.92. The molecule has 156 valence electrons. The van der Waals surface area contributed by atoms with Gasteiger partial charge in [0.2, 0.25) is 15.9 Å². The second-order valence-corrected chi connectivity index (χ2v) is 9.22. The maximum atomic E-state index is 13.0. The molecule has 2 aromatic carbocycles. The number of carbonyl (C=O) groups excluding carboxylic acids is 1. The van der Waals surface area contributed by atoms with Crippen molar-refractivity contribution >= 4 is 27.3 Å². The molecular formula is C21H26FN3O3S. The fraction of sp³-hybridized carbons (Fsp3) is 0.381. The molecule has 1 aliphatic rings. The van der Waals surface area contributed by atoms with Crippen LogP contribution >= 0.6 is 0 Å². The number of sulfonamides is 1. The number of nitrogens with zero attached hydrogens (tertiary/aromatic N) is 1. The highest BCUT2D eigenvalue weighted by Gasteiger charge is 2.22. The molecule has 0 spiro atoms. The third-order valence-electron chi connectivity index (χ3n) is 5.13. The Bertz CT molecular complexity index is 938. The van der Waals surface area contributed by atoms with Crippen LogP contribution in [0.1, 0.15) is 26.7 Å². The van der Waals surface area contributed by atoms with Gasteiger partial charge in [0.05, 0.1) is 10.9 Å². The number of benzene rings is 2. The number of rotatable bonds is 6. The molecule has 1 amide bonds. The Balaban J connectivity index is 1.58. The van der Waals surface area contributed by atoms with Crippen LogP contribution in [0.3, 0.4) is 0 Å². The van der Waals surface area contributed by atoms with E-state index in [2.05, 4.69) is 21.9 Å². The molecule has 1 saturated heterocycles. The smallest absolute Gasteiger partial charge is 0.242 e. The van der Waals surface area contributed by atoms with Gasteiger partial charge in [-0.25, -0.2) is 12.8 Å².